The number of rotatable bonds is 2. The highest BCUT2D eigenvalue weighted by Crippen LogP contribution is 2.44. The molecular weight excluding hydrogens is 283 g/mol. The zero-order valence-electron chi connectivity index (χ0n) is 12.2. The third-order valence-electron chi connectivity index (χ3n) is 3.75. The van der Waals surface area contributed by atoms with E-state index in [-0.39, 0.29) is 17.6 Å². The molecule has 1 unspecified atom stereocenters. The normalized spacial score (nSPS) is 17.1. The number of nitriles is 1. The molecule has 1 aromatic carbocycles. The van der Waals surface area contributed by atoms with E-state index in [1.54, 1.807) is 12.1 Å². The number of hydrogen-bond donors (Lipinski definition) is 2. The first kappa shape index (κ1) is 14.1. The number of nitrogens with zero attached hydrogens (tertiary/aromatic N) is 2. The number of benzene rings is 1. The smallest absolute Gasteiger partial charge is 0.244 e. The van der Waals surface area contributed by atoms with Gasteiger partial charge in [-0.2, -0.15) is 5.26 Å². The Morgan fingerprint density at radius 3 is 2.64 bits per heavy atom. The van der Waals surface area contributed by atoms with Gasteiger partial charge in [0.1, 0.15) is 17.5 Å². The predicted molar refractivity (Wildman–Crippen MR) is 78.4 cm³/mol. The summed E-state index contributed by atoms with van der Waals surface area (Å²) in [6, 6.07) is 8.14. The predicted octanol–water partition coefficient (Wildman–Crippen LogP) is 2.89. The number of nitrogens with two attached hydrogens (primary N) is 1. The highest BCUT2D eigenvalue weighted by Gasteiger charge is 2.35. The second-order valence-corrected chi connectivity index (χ2v) is 5.49. The highest BCUT2D eigenvalue weighted by atomic mass is 19.1. The summed E-state index contributed by atoms with van der Waals surface area (Å²) in [6.45, 7) is 4.03. The lowest BCUT2D eigenvalue weighted by atomic mass is 9.82. The third-order valence-corrected chi connectivity index (χ3v) is 3.75. The van der Waals surface area contributed by atoms with Crippen LogP contribution in [0.4, 0.5) is 4.39 Å². The average Bonchev–Trinajstić information content (AvgIpc) is 2.90. The van der Waals surface area contributed by atoms with Crippen LogP contribution in [0.2, 0.25) is 0 Å². The summed E-state index contributed by atoms with van der Waals surface area (Å²) in [6.07, 6.45) is 0. The van der Waals surface area contributed by atoms with Crippen molar-refractivity contribution in [2.45, 2.75) is 25.7 Å². The first-order valence-corrected chi connectivity index (χ1v) is 6.94. The summed E-state index contributed by atoms with van der Waals surface area (Å²) in [4.78, 5) is 0. The van der Waals surface area contributed by atoms with Crippen molar-refractivity contribution in [3.63, 3.8) is 0 Å². The largest absolute Gasteiger partial charge is 0.420 e. The van der Waals surface area contributed by atoms with Gasteiger partial charge in [-0.15, -0.1) is 5.10 Å². The zero-order valence-corrected chi connectivity index (χ0v) is 12.2. The van der Waals surface area contributed by atoms with Gasteiger partial charge in [0.05, 0.1) is 11.5 Å². The van der Waals surface area contributed by atoms with E-state index >= 15 is 0 Å². The van der Waals surface area contributed by atoms with Gasteiger partial charge in [0, 0.05) is 5.69 Å². The van der Waals surface area contributed by atoms with Gasteiger partial charge in [-0.1, -0.05) is 26.0 Å². The summed E-state index contributed by atoms with van der Waals surface area (Å²) in [7, 11) is 0. The summed E-state index contributed by atoms with van der Waals surface area (Å²) < 4.78 is 18.7. The van der Waals surface area contributed by atoms with Gasteiger partial charge < -0.3 is 10.5 Å². The van der Waals surface area contributed by atoms with Crippen LogP contribution in [0.5, 0.6) is 5.88 Å². The molecule has 112 valence electrons. The summed E-state index contributed by atoms with van der Waals surface area (Å²) in [5.74, 6) is -0.170. The van der Waals surface area contributed by atoms with E-state index < -0.39 is 5.92 Å². The molecule has 1 atom stereocenters. The quantitative estimate of drug-likeness (QED) is 0.892. The molecule has 6 heteroatoms. The molecule has 1 aliphatic rings. The van der Waals surface area contributed by atoms with Crippen LogP contribution in [-0.4, -0.2) is 10.2 Å². The number of allylic oxidation sites excluding steroid dienone is 1. The molecule has 0 aliphatic carbocycles. The van der Waals surface area contributed by atoms with Gasteiger partial charge in [-0.25, -0.2) is 4.39 Å². The molecule has 1 aromatic heterocycles. The maximum atomic E-state index is 13.2. The SMILES string of the molecule is CC(C)c1[nH]nc2c1C(c1ccc(F)cc1)C(C#N)=C(N)O2. The van der Waals surface area contributed by atoms with Crippen LogP contribution in [-0.2, 0) is 0 Å². The number of aromatic nitrogens is 2. The minimum atomic E-state index is -0.412. The minimum absolute atomic E-state index is 0.0335. The van der Waals surface area contributed by atoms with Crippen LogP contribution < -0.4 is 10.5 Å². The summed E-state index contributed by atoms with van der Waals surface area (Å²) >= 11 is 0. The van der Waals surface area contributed by atoms with Crippen molar-refractivity contribution in [3.8, 4) is 11.9 Å². The van der Waals surface area contributed by atoms with Crippen LogP contribution in [0.15, 0.2) is 35.7 Å². The van der Waals surface area contributed by atoms with Crippen molar-refractivity contribution in [1.82, 2.24) is 10.2 Å². The van der Waals surface area contributed by atoms with Gasteiger partial charge >= 0.3 is 0 Å². The van der Waals surface area contributed by atoms with E-state index in [2.05, 4.69) is 16.3 Å². The van der Waals surface area contributed by atoms with Crippen LogP contribution >= 0.6 is 0 Å². The number of fused-ring (bicyclic) bond motifs is 1. The van der Waals surface area contributed by atoms with Crippen molar-refractivity contribution in [3.05, 3.63) is 58.4 Å². The molecule has 0 saturated carbocycles. The molecule has 0 radical (unpaired) electrons. The molecule has 0 amide bonds. The van der Waals surface area contributed by atoms with E-state index in [0.717, 1.165) is 16.8 Å². The summed E-state index contributed by atoms with van der Waals surface area (Å²) in [5.41, 5.74) is 8.60. The molecular formula is C16H15FN4O. The number of ether oxygens (including phenoxy) is 1. The average molecular weight is 298 g/mol. The fourth-order valence-corrected chi connectivity index (χ4v) is 2.70. The van der Waals surface area contributed by atoms with Crippen LogP contribution in [0.1, 0.15) is 42.5 Å². The molecule has 22 heavy (non-hydrogen) atoms. The van der Waals surface area contributed by atoms with Crippen molar-refractivity contribution in [1.29, 1.82) is 5.26 Å². The topological polar surface area (TPSA) is 87.7 Å². The number of aromatic amines is 1. The monoisotopic (exact) mass is 298 g/mol. The molecule has 3 N–H and O–H groups in total. The van der Waals surface area contributed by atoms with Gasteiger partial charge in [-0.05, 0) is 23.6 Å². The van der Waals surface area contributed by atoms with Gasteiger partial charge in [0.25, 0.3) is 0 Å². The van der Waals surface area contributed by atoms with Gasteiger partial charge in [0.2, 0.25) is 11.8 Å². The molecule has 0 bridgehead atoms. The van der Waals surface area contributed by atoms with Gasteiger partial charge in [0.15, 0.2) is 0 Å². The molecule has 2 aromatic rings. The number of hydrogen-bond acceptors (Lipinski definition) is 4. The standard InChI is InChI=1S/C16H15FN4O/c1-8(2)14-13-12(9-3-5-10(17)6-4-9)11(7-18)15(19)22-16(13)21-20-14/h3-6,8,12H,19H2,1-2H3,(H,20,21). The lowest BCUT2D eigenvalue weighted by Crippen LogP contribution is -2.21. The molecule has 2 heterocycles. The number of H-pyrrole nitrogens is 1. The van der Waals surface area contributed by atoms with Crippen LogP contribution in [0.25, 0.3) is 0 Å². The van der Waals surface area contributed by atoms with Crippen molar-refractivity contribution < 1.29 is 9.13 Å². The molecule has 0 saturated heterocycles. The Kier molecular flexibility index (Phi) is 3.33. The van der Waals surface area contributed by atoms with E-state index in [1.807, 2.05) is 13.8 Å². The van der Waals surface area contributed by atoms with Crippen molar-refractivity contribution >= 4 is 0 Å². The number of halogens is 1. The first-order valence-electron chi connectivity index (χ1n) is 6.94. The Morgan fingerprint density at radius 2 is 2.05 bits per heavy atom. The van der Waals surface area contributed by atoms with E-state index in [9.17, 15) is 9.65 Å². The van der Waals surface area contributed by atoms with Crippen molar-refractivity contribution in [2.75, 3.05) is 0 Å². The Balaban J connectivity index is 2.23. The van der Waals surface area contributed by atoms with Gasteiger partial charge in [-0.3, -0.25) is 5.10 Å². The minimum Gasteiger partial charge on any atom is -0.420 e. The van der Waals surface area contributed by atoms with E-state index in [4.69, 9.17) is 10.5 Å². The Morgan fingerprint density at radius 1 is 1.36 bits per heavy atom. The number of nitrogens with one attached hydrogen (secondary N) is 1. The van der Waals surface area contributed by atoms with Crippen LogP contribution in [0.3, 0.4) is 0 Å². The lowest BCUT2D eigenvalue weighted by molar-refractivity contribution is 0.378. The Labute approximate surface area is 127 Å². The van der Waals surface area contributed by atoms with E-state index in [0.29, 0.717) is 11.5 Å². The molecule has 1 aliphatic heterocycles. The van der Waals surface area contributed by atoms with Crippen molar-refractivity contribution in [2.24, 2.45) is 5.73 Å². The molecule has 0 spiro atoms. The molecule has 5 nitrogen and oxygen atoms in total. The Bertz CT molecular complexity index is 783. The third kappa shape index (κ3) is 2.11. The van der Waals surface area contributed by atoms with Crippen LogP contribution in [0, 0.1) is 17.1 Å². The molecule has 3 rings (SSSR count). The second-order valence-electron chi connectivity index (χ2n) is 5.49. The first-order chi connectivity index (χ1) is 10.5. The highest BCUT2D eigenvalue weighted by molar-refractivity contribution is 5.55. The lowest BCUT2D eigenvalue weighted by Gasteiger charge is -2.24. The second kappa shape index (κ2) is 5.19. The Hall–Kier alpha value is -2.81. The van der Waals surface area contributed by atoms with E-state index in [1.165, 1.54) is 12.1 Å². The summed E-state index contributed by atoms with van der Waals surface area (Å²) in [5, 5.41) is 16.6. The maximum absolute atomic E-state index is 13.2. The fourth-order valence-electron chi connectivity index (χ4n) is 2.70. The fraction of sp³-hybridized carbons (Fsp3) is 0.250. The molecule has 0 fully saturated rings. The zero-order chi connectivity index (χ0) is 15.9. The maximum Gasteiger partial charge on any atom is 0.244 e.